The van der Waals surface area contributed by atoms with E-state index in [1.807, 2.05) is 67.6 Å². The van der Waals surface area contributed by atoms with E-state index < -0.39 is 5.25 Å². The van der Waals surface area contributed by atoms with Crippen LogP contribution in [0.15, 0.2) is 65.7 Å². The van der Waals surface area contributed by atoms with Crippen LogP contribution < -0.4 is 0 Å². The van der Waals surface area contributed by atoms with Gasteiger partial charge in [-0.15, -0.1) is 0 Å². The fraction of sp³-hybridized carbons (Fsp3) is 0.208. The van der Waals surface area contributed by atoms with Crippen molar-refractivity contribution < 1.29 is 9.53 Å². The first-order chi connectivity index (χ1) is 14.0. The van der Waals surface area contributed by atoms with E-state index >= 15 is 0 Å². The summed E-state index contributed by atoms with van der Waals surface area (Å²) >= 11 is 1.26. The van der Waals surface area contributed by atoms with Crippen molar-refractivity contribution in [2.45, 2.75) is 31.0 Å². The molecule has 0 N–H and O–H groups in total. The van der Waals surface area contributed by atoms with Gasteiger partial charge in [0.2, 0.25) is 0 Å². The van der Waals surface area contributed by atoms with Crippen LogP contribution in [-0.2, 0) is 9.53 Å². The topological polar surface area (TPSA) is 63.0 Å². The Kier molecular flexibility index (Phi) is 6.69. The lowest BCUT2D eigenvalue weighted by atomic mass is 9.99. The van der Waals surface area contributed by atoms with E-state index in [0.717, 1.165) is 27.9 Å². The Morgan fingerprint density at radius 3 is 2.45 bits per heavy atom. The van der Waals surface area contributed by atoms with Gasteiger partial charge in [0, 0.05) is 11.1 Å². The summed E-state index contributed by atoms with van der Waals surface area (Å²) in [6.07, 6.45) is 0. The molecule has 3 aromatic rings. The lowest BCUT2D eigenvalue weighted by molar-refractivity contribution is -0.142. The molecule has 29 heavy (non-hydrogen) atoms. The highest BCUT2D eigenvalue weighted by atomic mass is 32.2. The van der Waals surface area contributed by atoms with Crippen molar-refractivity contribution in [3.63, 3.8) is 0 Å². The standard InChI is InChI=1S/C24H22N2O2S/c1-4-28-24(27)17(3)29-23-21(15-25)20(18-8-6-5-7-9-18)14-22(26-23)19-12-10-16(2)11-13-19/h5-14,17H,4H2,1-3H3/t17-/m1/s1. The van der Waals surface area contributed by atoms with E-state index in [1.54, 1.807) is 13.8 Å². The number of carbonyl (C=O) groups is 1. The first-order valence-corrected chi connectivity index (χ1v) is 10.3. The van der Waals surface area contributed by atoms with Crippen molar-refractivity contribution >= 4 is 17.7 Å². The van der Waals surface area contributed by atoms with Crippen LogP contribution in [-0.4, -0.2) is 22.8 Å². The zero-order valence-electron chi connectivity index (χ0n) is 16.7. The number of thioether (sulfide) groups is 1. The first kappa shape index (κ1) is 20.6. The monoisotopic (exact) mass is 402 g/mol. The number of esters is 1. The van der Waals surface area contributed by atoms with Gasteiger partial charge in [0.1, 0.15) is 16.3 Å². The molecular formula is C24H22N2O2S. The molecule has 0 saturated carbocycles. The average molecular weight is 403 g/mol. The van der Waals surface area contributed by atoms with E-state index in [-0.39, 0.29) is 5.97 Å². The summed E-state index contributed by atoms with van der Waals surface area (Å²) in [5, 5.41) is 9.96. The lowest BCUT2D eigenvalue weighted by Gasteiger charge is -2.15. The Balaban J connectivity index is 2.15. The van der Waals surface area contributed by atoms with E-state index in [2.05, 4.69) is 6.07 Å². The predicted molar refractivity (Wildman–Crippen MR) is 117 cm³/mol. The predicted octanol–water partition coefficient (Wildman–Crippen LogP) is 5.64. The van der Waals surface area contributed by atoms with Gasteiger partial charge in [0.15, 0.2) is 0 Å². The summed E-state index contributed by atoms with van der Waals surface area (Å²) in [4.78, 5) is 16.9. The highest BCUT2D eigenvalue weighted by Crippen LogP contribution is 2.35. The van der Waals surface area contributed by atoms with Crippen LogP contribution in [0.2, 0.25) is 0 Å². The smallest absolute Gasteiger partial charge is 0.319 e. The third-order valence-corrected chi connectivity index (χ3v) is 5.50. The Hall–Kier alpha value is -3.10. The van der Waals surface area contributed by atoms with Crippen LogP contribution in [0.4, 0.5) is 0 Å². The maximum Gasteiger partial charge on any atom is 0.319 e. The Labute approximate surface area is 175 Å². The first-order valence-electron chi connectivity index (χ1n) is 9.44. The highest BCUT2D eigenvalue weighted by Gasteiger charge is 2.22. The zero-order chi connectivity index (χ0) is 20.8. The van der Waals surface area contributed by atoms with Crippen molar-refractivity contribution in [2.75, 3.05) is 6.61 Å². The van der Waals surface area contributed by atoms with Crippen LogP contribution in [0, 0.1) is 18.3 Å². The summed E-state index contributed by atoms with van der Waals surface area (Å²) in [7, 11) is 0. The van der Waals surface area contributed by atoms with Crippen LogP contribution in [0.1, 0.15) is 25.0 Å². The molecule has 0 fully saturated rings. The van der Waals surface area contributed by atoms with Crippen molar-refractivity contribution in [1.82, 2.24) is 4.98 Å². The molecule has 0 bridgehead atoms. The van der Waals surface area contributed by atoms with Crippen molar-refractivity contribution in [3.05, 3.63) is 71.8 Å². The number of pyridine rings is 1. The number of ether oxygens (including phenoxy) is 1. The maximum atomic E-state index is 12.1. The van der Waals surface area contributed by atoms with Gasteiger partial charge in [0.05, 0.1) is 17.9 Å². The van der Waals surface area contributed by atoms with Crippen LogP contribution >= 0.6 is 11.8 Å². The van der Waals surface area contributed by atoms with Crippen LogP contribution in [0.3, 0.4) is 0 Å². The lowest BCUT2D eigenvalue weighted by Crippen LogP contribution is -2.17. The summed E-state index contributed by atoms with van der Waals surface area (Å²) < 4.78 is 5.12. The molecule has 4 nitrogen and oxygen atoms in total. The van der Waals surface area contributed by atoms with E-state index in [9.17, 15) is 10.1 Å². The molecule has 0 saturated heterocycles. The zero-order valence-corrected chi connectivity index (χ0v) is 17.5. The van der Waals surface area contributed by atoms with Crippen molar-refractivity contribution in [2.24, 2.45) is 0 Å². The minimum absolute atomic E-state index is 0.315. The molecule has 0 radical (unpaired) electrons. The molecule has 3 rings (SSSR count). The fourth-order valence-electron chi connectivity index (χ4n) is 2.91. The van der Waals surface area contributed by atoms with Gasteiger partial charge in [-0.25, -0.2) is 4.98 Å². The number of aryl methyl sites for hydroxylation is 1. The molecule has 0 spiro atoms. The van der Waals surface area contributed by atoms with E-state index in [4.69, 9.17) is 9.72 Å². The normalized spacial score (nSPS) is 11.5. The second-order valence-electron chi connectivity index (χ2n) is 6.59. The summed E-state index contributed by atoms with van der Waals surface area (Å²) in [6.45, 7) is 5.90. The van der Waals surface area contributed by atoms with Crippen LogP contribution in [0.25, 0.3) is 22.4 Å². The van der Waals surface area contributed by atoms with E-state index in [1.165, 1.54) is 11.8 Å². The SMILES string of the molecule is CCOC(=O)[C@@H](C)Sc1nc(-c2ccc(C)cc2)cc(-c2ccccc2)c1C#N. The molecular weight excluding hydrogens is 380 g/mol. The van der Waals surface area contributed by atoms with Gasteiger partial charge in [-0.3, -0.25) is 4.79 Å². The minimum Gasteiger partial charge on any atom is -0.465 e. The van der Waals surface area contributed by atoms with Gasteiger partial charge in [-0.1, -0.05) is 71.9 Å². The molecule has 1 heterocycles. The molecule has 0 unspecified atom stereocenters. The largest absolute Gasteiger partial charge is 0.465 e. The van der Waals surface area contributed by atoms with Gasteiger partial charge >= 0.3 is 5.97 Å². The van der Waals surface area contributed by atoms with Gasteiger partial charge in [0.25, 0.3) is 0 Å². The Morgan fingerprint density at radius 2 is 1.83 bits per heavy atom. The Morgan fingerprint density at radius 1 is 1.14 bits per heavy atom. The fourth-order valence-corrected chi connectivity index (χ4v) is 3.83. The number of benzene rings is 2. The highest BCUT2D eigenvalue weighted by molar-refractivity contribution is 8.00. The second kappa shape index (κ2) is 9.40. The molecule has 0 amide bonds. The molecule has 0 aliphatic carbocycles. The number of hydrogen-bond acceptors (Lipinski definition) is 5. The number of hydrogen-bond donors (Lipinski definition) is 0. The molecule has 1 atom stereocenters. The van der Waals surface area contributed by atoms with Crippen molar-refractivity contribution in [3.8, 4) is 28.5 Å². The van der Waals surface area contributed by atoms with Gasteiger partial charge < -0.3 is 4.74 Å². The molecule has 2 aromatic carbocycles. The molecule has 0 aliphatic heterocycles. The third kappa shape index (κ3) is 4.85. The van der Waals surface area contributed by atoms with Crippen molar-refractivity contribution in [1.29, 1.82) is 5.26 Å². The summed E-state index contributed by atoms with van der Waals surface area (Å²) in [6, 6.07) is 22.1. The number of rotatable bonds is 6. The van der Waals surface area contributed by atoms with Gasteiger partial charge in [-0.05, 0) is 32.4 Å². The number of nitrogens with zero attached hydrogens (tertiary/aromatic N) is 2. The quantitative estimate of drug-likeness (QED) is 0.394. The minimum atomic E-state index is -0.466. The second-order valence-corrected chi connectivity index (χ2v) is 7.92. The Bertz CT molecular complexity index is 1040. The number of carbonyl (C=O) groups excluding carboxylic acids is 1. The molecule has 5 heteroatoms. The molecule has 0 aliphatic rings. The third-order valence-electron chi connectivity index (χ3n) is 4.44. The van der Waals surface area contributed by atoms with Gasteiger partial charge in [-0.2, -0.15) is 5.26 Å². The summed E-state index contributed by atoms with van der Waals surface area (Å²) in [5.41, 5.74) is 5.09. The maximum absolute atomic E-state index is 12.1. The number of aromatic nitrogens is 1. The van der Waals surface area contributed by atoms with Crippen LogP contribution in [0.5, 0.6) is 0 Å². The van der Waals surface area contributed by atoms with E-state index in [0.29, 0.717) is 17.2 Å². The molecule has 146 valence electrons. The average Bonchev–Trinajstić information content (AvgIpc) is 2.74. The molecule has 1 aromatic heterocycles. The summed E-state index contributed by atoms with van der Waals surface area (Å²) in [5.74, 6) is -0.315. The number of nitriles is 1.